The molecule has 0 amide bonds. The number of nitro groups is 1. The van der Waals surface area contributed by atoms with E-state index < -0.39 is 4.92 Å². The summed E-state index contributed by atoms with van der Waals surface area (Å²) >= 11 is 0. The van der Waals surface area contributed by atoms with Crippen LogP contribution < -0.4 is 5.32 Å². The summed E-state index contributed by atoms with van der Waals surface area (Å²) in [6, 6.07) is 7.78. The predicted octanol–water partition coefficient (Wildman–Crippen LogP) is 2.63. The zero-order valence-corrected chi connectivity index (χ0v) is 10.3. The van der Waals surface area contributed by atoms with E-state index in [9.17, 15) is 10.1 Å². The molecule has 0 spiro atoms. The summed E-state index contributed by atoms with van der Waals surface area (Å²) < 4.78 is 1.59. The molecular formula is C12H14N4O2. The van der Waals surface area contributed by atoms with Gasteiger partial charge < -0.3 is 15.4 Å². The minimum absolute atomic E-state index is 0.169. The van der Waals surface area contributed by atoms with E-state index in [0.29, 0.717) is 5.82 Å². The van der Waals surface area contributed by atoms with Gasteiger partial charge in [-0.25, -0.2) is 0 Å². The fraction of sp³-hybridized carbons (Fsp3) is 0.250. The van der Waals surface area contributed by atoms with Gasteiger partial charge in [-0.1, -0.05) is 19.1 Å². The van der Waals surface area contributed by atoms with Crippen molar-refractivity contribution in [3.8, 4) is 0 Å². The first kappa shape index (κ1) is 12.1. The zero-order chi connectivity index (χ0) is 13.1. The first-order valence-electron chi connectivity index (χ1n) is 5.63. The molecule has 0 atom stereocenters. The highest BCUT2D eigenvalue weighted by atomic mass is 16.6. The second-order valence-corrected chi connectivity index (χ2v) is 3.96. The van der Waals surface area contributed by atoms with E-state index in [-0.39, 0.29) is 5.82 Å². The number of hydrogen-bond donors (Lipinski definition) is 1. The van der Waals surface area contributed by atoms with E-state index in [4.69, 9.17) is 0 Å². The van der Waals surface area contributed by atoms with Crippen LogP contribution in [-0.4, -0.2) is 14.5 Å². The summed E-state index contributed by atoms with van der Waals surface area (Å²) in [4.78, 5) is 14.1. The third-order valence-corrected chi connectivity index (χ3v) is 2.72. The Morgan fingerprint density at radius 3 is 2.61 bits per heavy atom. The van der Waals surface area contributed by atoms with Crippen molar-refractivity contribution in [2.45, 2.75) is 13.3 Å². The molecule has 6 heteroatoms. The maximum absolute atomic E-state index is 10.8. The molecular weight excluding hydrogens is 232 g/mol. The van der Waals surface area contributed by atoms with Crippen molar-refractivity contribution in [1.82, 2.24) is 9.55 Å². The van der Waals surface area contributed by atoms with Crippen LogP contribution in [0.2, 0.25) is 0 Å². The van der Waals surface area contributed by atoms with Crippen LogP contribution in [0.15, 0.2) is 30.6 Å². The topological polar surface area (TPSA) is 73.0 Å². The molecule has 94 valence electrons. The van der Waals surface area contributed by atoms with Crippen LogP contribution in [0.25, 0.3) is 0 Å². The fourth-order valence-electron chi connectivity index (χ4n) is 1.66. The maximum atomic E-state index is 10.8. The molecule has 0 saturated carbocycles. The van der Waals surface area contributed by atoms with Crippen molar-refractivity contribution in [1.29, 1.82) is 0 Å². The first-order valence-corrected chi connectivity index (χ1v) is 5.63. The second-order valence-electron chi connectivity index (χ2n) is 3.96. The van der Waals surface area contributed by atoms with Crippen molar-refractivity contribution >= 4 is 17.3 Å². The normalized spacial score (nSPS) is 10.3. The third kappa shape index (κ3) is 2.32. The Hall–Kier alpha value is -2.37. The molecule has 18 heavy (non-hydrogen) atoms. The lowest BCUT2D eigenvalue weighted by atomic mass is 10.1. The van der Waals surface area contributed by atoms with Gasteiger partial charge in [-0.05, 0) is 34.0 Å². The number of imidazole rings is 1. The van der Waals surface area contributed by atoms with E-state index in [1.54, 1.807) is 11.6 Å². The molecule has 0 bridgehead atoms. The van der Waals surface area contributed by atoms with Crippen molar-refractivity contribution in [2.24, 2.45) is 7.05 Å². The molecule has 2 aromatic rings. The Kier molecular flexibility index (Phi) is 3.27. The van der Waals surface area contributed by atoms with Gasteiger partial charge in [-0.2, -0.15) is 0 Å². The Bertz CT molecular complexity index is 560. The number of hydrogen-bond acceptors (Lipinski definition) is 4. The van der Waals surface area contributed by atoms with E-state index in [2.05, 4.69) is 17.2 Å². The summed E-state index contributed by atoms with van der Waals surface area (Å²) in [6.45, 7) is 2.08. The van der Waals surface area contributed by atoms with Gasteiger partial charge in [-0.3, -0.25) is 4.57 Å². The van der Waals surface area contributed by atoms with Crippen molar-refractivity contribution < 1.29 is 4.92 Å². The van der Waals surface area contributed by atoms with Gasteiger partial charge in [0.25, 0.3) is 0 Å². The fourth-order valence-corrected chi connectivity index (χ4v) is 1.66. The summed E-state index contributed by atoms with van der Waals surface area (Å²) in [5, 5.41) is 13.8. The van der Waals surface area contributed by atoms with E-state index >= 15 is 0 Å². The SMILES string of the molecule is CCc1ccc(Nc2c([N+](=O)[O-])ncn2C)cc1. The van der Waals surface area contributed by atoms with Gasteiger partial charge in [0.2, 0.25) is 12.1 Å². The van der Waals surface area contributed by atoms with Crippen LogP contribution in [0.5, 0.6) is 0 Å². The predicted molar refractivity (Wildman–Crippen MR) is 69.0 cm³/mol. The summed E-state index contributed by atoms with van der Waals surface area (Å²) in [5.41, 5.74) is 2.03. The average Bonchev–Trinajstić information content (AvgIpc) is 2.72. The van der Waals surface area contributed by atoms with E-state index in [1.165, 1.54) is 11.9 Å². The lowest BCUT2D eigenvalue weighted by Gasteiger charge is -2.06. The monoisotopic (exact) mass is 246 g/mol. The first-order chi connectivity index (χ1) is 8.61. The number of aryl methyl sites for hydroxylation is 2. The highest BCUT2D eigenvalue weighted by molar-refractivity contribution is 5.63. The van der Waals surface area contributed by atoms with Crippen LogP contribution >= 0.6 is 0 Å². The Morgan fingerprint density at radius 2 is 2.06 bits per heavy atom. The van der Waals surface area contributed by atoms with E-state index in [0.717, 1.165) is 12.1 Å². The van der Waals surface area contributed by atoms with Crippen molar-refractivity contribution in [3.05, 3.63) is 46.3 Å². The molecule has 1 aromatic heterocycles. The van der Waals surface area contributed by atoms with Gasteiger partial charge in [-0.15, -0.1) is 0 Å². The molecule has 0 unspecified atom stereocenters. The summed E-state index contributed by atoms with van der Waals surface area (Å²) in [6.07, 6.45) is 2.38. The highest BCUT2D eigenvalue weighted by Gasteiger charge is 2.19. The van der Waals surface area contributed by atoms with Crippen LogP contribution in [0.3, 0.4) is 0 Å². The van der Waals surface area contributed by atoms with Gasteiger partial charge in [0.15, 0.2) is 0 Å². The lowest BCUT2D eigenvalue weighted by molar-refractivity contribution is -0.388. The third-order valence-electron chi connectivity index (χ3n) is 2.72. The molecule has 0 aliphatic heterocycles. The molecule has 2 rings (SSSR count). The van der Waals surface area contributed by atoms with Gasteiger partial charge >= 0.3 is 5.82 Å². The van der Waals surface area contributed by atoms with Gasteiger partial charge in [0.05, 0.1) is 0 Å². The minimum atomic E-state index is -0.497. The van der Waals surface area contributed by atoms with Crippen LogP contribution in [-0.2, 0) is 13.5 Å². The summed E-state index contributed by atoms with van der Waals surface area (Å²) in [7, 11) is 1.71. The van der Waals surface area contributed by atoms with Crippen LogP contribution in [0, 0.1) is 10.1 Å². The minimum Gasteiger partial charge on any atom is -0.358 e. The lowest BCUT2D eigenvalue weighted by Crippen LogP contribution is -2.00. The molecule has 0 fully saturated rings. The van der Waals surface area contributed by atoms with Gasteiger partial charge in [0.1, 0.15) is 0 Å². The van der Waals surface area contributed by atoms with Gasteiger partial charge in [0, 0.05) is 12.7 Å². The maximum Gasteiger partial charge on any atom is 0.406 e. The number of benzene rings is 1. The average molecular weight is 246 g/mol. The molecule has 6 nitrogen and oxygen atoms in total. The standard InChI is InChI=1S/C12H14N4O2/c1-3-9-4-6-10(7-5-9)14-12-11(16(17)18)13-8-15(12)2/h4-8,14H,3H2,1-2H3. The molecule has 1 aromatic carbocycles. The van der Waals surface area contributed by atoms with Crippen molar-refractivity contribution in [3.63, 3.8) is 0 Å². The Labute approximate surface area is 104 Å². The quantitative estimate of drug-likeness (QED) is 0.664. The van der Waals surface area contributed by atoms with Crippen LogP contribution in [0.1, 0.15) is 12.5 Å². The number of nitrogens with one attached hydrogen (secondary N) is 1. The largest absolute Gasteiger partial charge is 0.406 e. The van der Waals surface area contributed by atoms with E-state index in [1.807, 2.05) is 24.3 Å². The smallest absolute Gasteiger partial charge is 0.358 e. The second kappa shape index (κ2) is 4.87. The molecule has 0 saturated heterocycles. The zero-order valence-electron chi connectivity index (χ0n) is 10.3. The Balaban J connectivity index is 2.27. The molecule has 0 radical (unpaired) electrons. The number of nitrogens with zero attached hydrogens (tertiary/aromatic N) is 3. The van der Waals surface area contributed by atoms with Crippen LogP contribution in [0.4, 0.5) is 17.3 Å². The number of aromatic nitrogens is 2. The number of rotatable bonds is 4. The number of anilines is 2. The summed E-state index contributed by atoms with van der Waals surface area (Å²) in [5.74, 6) is 0.210. The van der Waals surface area contributed by atoms with Crippen molar-refractivity contribution in [2.75, 3.05) is 5.32 Å². The molecule has 0 aliphatic rings. The molecule has 1 heterocycles. The molecule has 1 N–H and O–H groups in total. The molecule has 0 aliphatic carbocycles. The highest BCUT2D eigenvalue weighted by Crippen LogP contribution is 2.25. The Morgan fingerprint density at radius 1 is 1.39 bits per heavy atom.